The van der Waals surface area contributed by atoms with E-state index in [1.807, 2.05) is 0 Å². The maximum absolute atomic E-state index is 5.85. The van der Waals surface area contributed by atoms with Gasteiger partial charge in [-0.15, -0.1) is 11.3 Å². The Morgan fingerprint density at radius 2 is 2.05 bits per heavy atom. The van der Waals surface area contributed by atoms with Gasteiger partial charge in [-0.1, -0.05) is 36.4 Å². The number of nitrogens with two attached hydrogens (primary N) is 1. The second-order valence-electron chi connectivity index (χ2n) is 5.22. The van der Waals surface area contributed by atoms with Gasteiger partial charge < -0.3 is 4.74 Å². The molecule has 21 heavy (non-hydrogen) atoms. The van der Waals surface area contributed by atoms with E-state index < -0.39 is 0 Å². The largest absolute Gasteiger partial charge is 0.493 e. The molecule has 0 fully saturated rings. The van der Waals surface area contributed by atoms with Gasteiger partial charge in [-0.3, -0.25) is 5.84 Å². The highest BCUT2D eigenvalue weighted by molar-refractivity contribution is 7.19. The zero-order valence-corrected chi connectivity index (χ0v) is 12.3. The number of benzene rings is 2. The van der Waals surface area contributed by atoms with Gasteiger partial charge in [0.25, 0.3) is 0 Å². The monoisotopic (exact) mass is 296 g/mol. The van der Waals surface area contributed by atoms with E-state index in [-0.39, 0.29) is 6.04 Å². The van der Waals surface area contributed by atoms with Crippen LogP contribution in [0.25, 0.3) is 10.1 Å². The molecule has 0 bridgehead atoms. The highest BCUT2D eigenvalue weighted by Gasteiger charge is 2.23. The normalized spacial score (nSPS) is 14.9. The quantitative estimate of drug-likeness (QED) is 0.575. The van der Waals surface area contributed by atoms with Gasteiger partial charge in [-0.25, -0.2) is 5.43 Å². The molecule has 3 nitrogen and oxygen atoms in total. The minimum Gasteiger partial charge on any atom is -0.493 e. The van der Waals surface area contributed by atoms with Gasteiger partial charge in [-0.2, -0.15) is 0 Å². The fourth-order valence-electron chi connectivity index (χ4n) is 2.94. The molecule has 0 saturated heterocycles. The zero-order valence-electron chi connectivity index (χ0n) is 11.5. The van der Waals surface area contributed by atoms with E-state index in [0.29, 0.717) is 0 Å². The van der Waals surface area contributed by atoms with Crippen molar-refractivity contribution in [3.63, 3.8) is 0 Å². The van der Waals surface area contributed by atoms with E-state index in [2.05, 4.69) is 54.0 Å². The summed E-state index contributed by atoms with van der Waals surface area (Å²) >= 11 is 1.77. The van der Waals surface area contributed by atoms with E-state index in [1.165, 1.54) is 20.5 Å². The van der Waals surface area contributed by atoms with Gasteiger partial charge in [0.15, 0.2) is 0 Å². The Balaban J connectivity index is 1.83. The lowest BCUT2D eigenvalue weighted by atomic mass is 10.0. The van der Waals surface area contributed by atoms with Crippen molar-refractivity contribution >= 4 is 21.4 Å². The molecule has 2 aromatic carbocycles. The molecule has 4 heteroatoms. The lowest BCUT2D eigenvalue weighted by Crippen LogP contribution is -2.28. The molecule has 0 saturated carbocycles. The minimum atomic E-state index is -0.0320. The van der Waals surface area contributed by atoms with Gasteiger partial charge >= 0.3 is 0 Å². The Hall–Kier alpha value is -1.88. The lowest BCUT2D eigenvalue weighted by molar-refractivity contribution is 0.350. The van der Waals surface area contributed by atoms with Crippen molar-refractivity contribution in [2.45, 2.75) is 12.5 Å². The second kappa shape index (κ2) is 5.15. The van der Waals surface area contributed by atoms with E-state index in [4.69, 9.17) is 10.6 Å². The van der Waals surface area contributed by atoms with E-state index in [1.54, 1.807) is 11.3 Å². The summed E-state index contributed by atoms with van der Waals surface area (Å²) in [7, 11) is 0. The summed E-state index contributed by atoms with van der Waals surface area (Å²) in [6.07, 6.45) is 0.979. The fourth-order valence-corrected chi connectivity index (χ4v) is 4.08. The molecule has 0 spiro atoms. The standard InChI is InChI=1S/C17H16N2OS/c18-19-16(13-6-3-5-11-8-9-20-17(11)13)15-10-12-4-1-2-7-14(12)21-15/h1-7,10,16,19H,8-9,18H2. The van der Waals surface area contributed by atoms with Crippen LogP contribution in [0.1, 0.15) is 22.0 Å². The van der Waals surface area contributed by atoms with Crippen LogP contribution in [0.3, 0.4) is 0 Å². The van der Waals surface area contributed by atoms with Crippen molar-refractivity contribution in [2.75, 3.05) is 6.61 Å². The highest BCUT2D eigenvalue weighted by atomic mass is 32.1. The molecule has 1 unspecified atom stereocenters. The predicted molar refractivity (Wildman–Crippen MR) is 86.6 cm³/mol. The minimum absolute atomic E-state index is 0.0320. The van der Waals surface area contributed by atoms with Crippen LogP contribution >= 0.6 is 11.3 Å². The summed E-state index contributed by atoms with van der Waals surface area (Å²) in [5.74, 6) is 6.85. The first-order chi connectivity index (χ1) is 10.4. The summed E-state index contributed by atoms with van der Waals surface area (Å²) in [5, 5.41) is 1.26. The third-order valence-corrected chi connectivity index (χ3v) is 5.13. The number of fused-ring (bicyclic) bond motifs is 2. The summed E-state index contributed by atoms with van der Waals surface area (Å²) in [4.78, 5) is 1.21. The molecule has 0 amide bonds. The van der Waals surface area contributed by atoms with Crippen LogP contribution in [0.4, 0.5) is 0 Å². The van der Waals surface area contributed by atoms with Crippen LogP contribution < -0.4 is 16.0 Å². The Labute approximate surface area is 127 Å². The molecule has 106 valence electrons. The van der Waals surface area contributed by atoms with E-state index in [0.717, 1.165) is 24.3 Å². The van der Waals surface area contributed by atoms with Gasteiger partial charge in [-0.05, 0) is 23.1 Å². The van der Waals surface area contributed by atoms with Crippen LogP contribution in [-0.2, 0) is 6.42 Å². The number of ether oxygens (including phenoxy) is 1. The Morgan fingerprint density at radius 1 is 1.14 bits per heavy atom. The molecule has 2 heterocycles. The van der Waals surface area contributed by atoms with Gasteiger partial charge in [0, 0.05) is 21.6 Å². The summed E-state index contributed by atoms with van der Waals surface area (Å²) < 4.78 is 7.10. The predicted octanol–water partition coefficient (Wildman–Crippen LogP) is 3.39. The Bertz CT molecular complexity index is 763. The number of rotatable bonds is 3. The molecule has 4 rings (SSSR count). The Kier molecular flexibility index (Phi) is 3.15. The van der Waals surface area contributed by atoms with Crippen molar-refractivity contribution in [1.29, 1.82) is 0 Å². The SMILES string of the molecule is NNC(c1cc2ccccc2s1)c1cccc2c1OCC2. The molecule has 1 aromatic heterocycles. The smallest absolute Gasteiger partial charge is 0.127 e. The fraction of sp³-hybridized carbons (Fsp3) is 0.176. The molecule has 0 aliphatic carbocycles. The van der Waals surface area contributed by atoms with E-state index >= 15 is 0 Å². The first-order valence-electron chi connectivity index (χ1n) is 7.06. The van der Waals surface area contributed by atoms with Crippen molar-refractivity contribution in [2.24, 2.45) is 5.84 Å². The number of hydrazine groups is 1. The van der Waals surface area contributed by atoms with Crippen LogP contribution in [0.15, 0.2) is 48.5 Å². The number of hydrogen-bond donors (Lipinski definition) is 2. The van der Waals surface area contributed by atoms with Crippen molar-refractivity contribution in [3.05, 3.63) is 64.5 Å². The number of thiophene rings is 1. The average Bonchev–Trinajstić information content (AvgIpc) is 3.14. The third kappa shape index (κ3) is 2.12. The third-order valence-electron chi connectivity index (χ3n) is 3.95. The van der Waals surface area contributed by atoms with Crippen LogP contribution in [-0.4, -0.2) is 6.61 Å². The topological polar surface area (TPSA) is 47.3 Å². The Morgan fingerprint density at radius 3 is 2.90 bits per heavy atom. The van der Waals surface area contributed by atoms with Gasteiger partial charge in [0.1, 0.15) is 5.75 Å². The zero-order chi connectivity index (χ0) is 14.2. The first kappa shape index (κ1) is 12.8. The number of nitrogens with one attached hydrogen (secondary N) is 1. The number of para-hydroxylation sites is 1. The van der Waals surface area contributed by atoms with Crippen LogP contribution in [0.5, 0.6) is 5.75 Å². The van der Waals surface area contributed by atoms with Crippen molar-refractivity contribution in [3.8, 4) is 5.75 Å². The molecule has 1 aliphatic rings. The summed E-state index contributed by atoms with van der Waals surface area (Å²) in [6.45, 7) is 0.760. The van der Waals surface area contributed by atoms with E-state index in [9.17, 15) is 0 Å². The molecule has 3 aromatic rings. The van der Waals surface area contributed by atoms with Gasteiger partial charge in [0.2, 0.25) is 0 Å². The van der Waals surface area contributed by atoms with Crippen molar-refractivity contribution in [1.82, 2.24) is 5.43 Å². The van der Waals surface area contributed by atoms with Crippen molar-refractivity contribution < 1.29 is 4.74 Å². The summed E-state index contributed by atoms with van der Waals surface area (Å²) in [6, 6.07) is 16.9. The molecular formula is C17H16N2OS. The second-order valence-corrected chi connectivity index (χ2v) is 6.34. The number of hydrogen-bond acceptors (Lipinski definition) is 4. The lowest BCUT2D eigenvalue weighted by Gasteiger charge is -2.17. The molecular weight excluding hydrogens is 280 g/mol. The first-order valence-corrected chi connectivity index (χ1v) is 7.87. The maximum atomic E-state index is 5.85. The maximum Gasteiger partial charge on any atom is 0.127 e. The molecule has 0 radical (unpaired) electrons. The highest BCUT2D eigenvalue weighted by Crippen LogP contribution is 2.39. The average molecular weight is 296 g/mol. The van der Waals surface area contributed by atoms with Crippen LogP contribution in [0.2, 0.25) is 0 Å². The van der Waals surface area contributed by atoms with Gasteiger partial charge in [0.05, 0.1) is 12.6 Å². The van der Waals surface area contributed by atoms with Crippen LogP contribution in [0, 0.1) is 0 Å². The molecule has 3 N–H and O–H groups in total. The molecule has 1 atom stereocenters. The summed E-state index contributed by atoms with van der Waals surface area (Å²) in [5.41, 5.74) is 5.35. The molecule has 1 aliphatic heterocycles.